The SMILES string of the molecule is Cc1ccc(N/C=C(/C#N)C(=O)NCCC(=O)O)cn1. The van der Waals surface area contributed by atoms with Crippen LogP contribution in [0.2, 0.25) is 0 Å². The van der Waals surface area contributed by atoms with Crippen LogP contribution in [0.5, 0.6) is 0 Å². The molecule has 0 aromatic carbocycles. The molecule has 7 nitrogen and oxygen atoms in total. The molecule has 0 saturated carbocycles. The number of aromatic nitrogens is 1. The van der Waals surface area contributed by atoms with Crippen LogP contribution in [-0.4, -0.2) is 28.5 Å². The Balaban J connectivity index is 2.58. The van der Waals surface area contributed by atoms with Crippen LogP contribution < -0.4 is 10.6 Å². The van der Waals surface area contributed by atoms with Crippen LogP contribution in [0, 0.1) is 18.3 Å². The lowest BCUT2D eigenvalue weighted by Crippen LogP contribution is -2.27. The van der Waals surface area contributed by atoms with E-state index in [0.29, 0.717) is 5.69 Å². The maximum Gasteiger partial charge on any atom is 0.305 e. The first-order chi connectivity index (χ1) is 9.52. The van der Waals surface area contributed by atoms with Gasteiger partial charge in [-0.3, -0.25) is 14.6 Å². The van der Waals surface area contributed by atoms with E-state index < -0.39 is 11.9 Å². The van der Waals surface area contributed by atoms with Crippen LogP contribution in [0.3, 0.4) is 0 Å². The molecule has 7 heteroatoms. The number of carbonyl (C=O) groups excluding carboxylic acids is 1. The van der Waals surface area contributed by atoms with Crippen molar-refractivity contribution >= 4 is 17.6 Å². The van der Waals surface area contributed by atoms with Gasteiger partial charge < -0.3 is 15.7 Å². The molecular formula is C13H14N4O3. The minimum Gasteiger partial charge on any atom is -0.481 e. The van der Waals surface area contributed by atoms with E-state index in [4.69, 9.17) is 10.4 Å². The van der Waals surface area contributed by atoms with Gasteiger partial charge in [-0.05, 0) is 19.1 Å². The monoisotopic (exact) mass is 274 g/mol. The predicted molar refractivity (Wildman–Crippen MR) is 71.6 cm³/mol. The molecule has 1 aromatic rings. The molecule has 104 valence electrons. The molecule has 0 saturated heterocycles. The molecule has 0 aliphatic heterocycles. The van der Waals surface area contributed by atoms with Crippen LogP contribution >= 0.6 is 0 Å². The lowest BCUT2D eigenvalue weighted by atomic mass is 10.3. The number of hydrogen-bond donors (Lipinski definition) is 3. The number of nitrogens with one attached hydrogen (secondary N) is 2. The number of hydrogen-bond acceptors (Lipinski definition) is 5. The number of carboxylic acid groups (broad SMARTS) is 1. The van der Waals surface area contributed by atoms with Gasteiger partial charge in [-0.15, -0.1) is 0 Å². The highest BCUT2D eigenvalue weighted by Crippen LogP contribution is 2.06. The third-order valence-electron chi connectivity index (χ3n) is 2.28. The van der Waals surface area contributed by atoms with Crippen molar-refractivity contribution in [3.63, 3.8) is 0 Å². The average Bonchev–Trinajstić information content (AvgIpc) is 2.41. The fraction of sp³-hybridized carbons (Fsp3) is 0.231. The minimum atomic E-state index is -1.02. The summed E-state index contributed by atoms with van der Waals surface area (Å²) >= 11 is 0. The molecule has 0 unspecified atom stereocenters. The first kappa shape index (κ1) is 15.2. The summed E-state index contributed by atoms with van der Waals surface area (Å²) in [5.74, 6) is -1.64. The molecule has 0 spiro atoms. The van der Waals surface area contributed by atoms with E-state index in [-0.39, 0.29) is 18.5 Å². The molecule has 0 atom stereocenters. The molecule has 0 fully saturated rings. The Kier molecular flexibility index (Phi) is 5.72. The van der Waals surface area contributed by atoms with Crippen LogP contribution in [0.15, 0.2) is 30.1 Å². The van der Waals surface area contributed by atoms with Crippen LogP contribution in [0.1, 0.15) is 12.1 Å². The Morgan fingerprint density at radius 3 is 2.80 bits per heavy atom. The molecule has 1 aromatic heterocycles. The Morgan fingerprint density at radius 2 is 2.25 bits per heavy atom. The summed E-state index contributed by atoms with van der Waals surface area (Å²) in [6.07, 6.45) is 2.63. The second-order valence-electron chi connectivity index (χ2n) is 3.90. The van der Waals surface area contributed by atoms with Gasteiger partial charge in [0.1, 0.15) is 11.6 Å². The van der Waals surface area contributed by atoms with Crippen molar-refractivity contribution in [2.45, 2.75) is 13.3 Å². The average molecular weight is 274 g/mol. The number of pyridine rings is 1. The van der Waals surface area contributed by atoms with Gasteiger partial charge in [0.25, 0.3) is 5.91 Å². The zero-order valence-corrected chi connectivity index (χ0v) is 10.9. The van der Waals surface area contributed by atoms with Crippen molar-refractivity contribution in [1.82, 2.24) is 10.3 Å². The third-order valence-corrected chi connectivity index (χ3v) is 2.28. The van der Waals surface area contributed by atoms with Gasteiger partial charge in [0.15, 0.2) is 0 Å². The summed E-state index contributed by atoms with van der Waals surface area (Å²) in [7, 11) is 0. The molecular weight excluding hydrogens is 260 g/mol. The van der Waals surface area contributed by atoms with Crippen LogP contribution in [0.4, 0.5) is 5.69 Å². The van der Waals surface area contributed by atoms with E-state index in [1.165, 1.54) is 6.20 Å². The van der Waals surface area contributed by atoms with Gasteiger partial charge in [-0.25, -0.2) is 0 Å². The smallest absolute Gasteiger partial charge is 0.305 e. The molecule has 0 radical (unpaired) electrons. The second kappa shape index (κ2) is 7.53. The topological polar surface area (TPSA) is 115 Å². The maximum atomic E-state index is 11.6. The van der Waals surface area contributed by atoms with Gasteiger partial charge in [-0.1, -0.05) is 0 Å². The fourth-order valence-corrected chi connectivity index (χ4v) is 1.24. The third kappa shape index (κ3) is 5.18. The Labute approximate surface area is 115 Å². The number of carboxylic acids is 1. The van der Waals surface area contributed by atoms with Gasteiger partial charge in [0.2, 0.25) is 0 Å². The summed E-state index contributed by atoms with van der Waals surface area (Å²) in [6, 6.07) is 5.29. The minimum absolute atomic E-state index is 0.0285. The molecule has 0 aliphatic rings. The van der Waals surface area contributed by atoms with E-state index in [9.17, 15) is 9.59 Å². The summed E-state index contributed by atoms with van der Waals surface area (Å²) in [5.41, 5.74) is 1.35. The van der Waals surface area contributed by atoms with Gasteiger partial charge in [0.05, 0.1) is 18.3 Å². The number of aliphatic carboxylic acids is 1. The van der Waals surface area contributed by atoms with Gasteiger partial charge >= 0.3 is 5.97 Å². The van der Waals surface area contributed by atoms with Crippen molar-refractivity contribution in [1.29, 1.82) is 5.26 Å². The molecule has 0 bridgehead atoms. The Hall–Kier alpha value is -2.88. The Morgan fingerprint density at radius 1 is 1.50 bits per heavy atom. The first-order valence-electron chi connectivity index (χ1n) is 5.82. The number of aryl methyl sites for hydroxylation is 1. The highest BCUT2D eigenvalue weighted by atomic mass is 16.4. The van der Waals surface area contributed by atoms with E-state index in [1.54, 1.807) is 24.4 Å². The quantitative estimate of drug-likeness (QED) is 0.522. The molecule has 1 heterocycles. The summed E-state index contributed by atoms with van der Waals surface area (Å²) < 4.78 is 0. The number of carbonyl (C=O) groups is 2. The zero-order chi connectivity index (χ0) is 15.0. The number of anilines is 1. The molecule has 3 N–H and O–H groups in total. The molecule has 1 amide bonds. The lowest BCUT2D eigenvalue weighted by molar-refractivity contribution is -0.136. The lowest BCUT2D eigenvalue weighted by Gasteiger charge is -2.04. The largest absolute Gasteiger partial charge is 0.481 e. The highest BCUT2D eigenvalue weighted by molar-refractivity contribution is 5.97. The number of nitriles is 1. The summed E-state index contributed by atoms with van der Waals surface area (Å²) in [4.78, 5) is 25.9. The van der Waals surface area contributed by atoms with Gasteiger partial charge in [0, 0.05) is 18.4 Å². The van der Waals surface area contributed by atoms with Crippen molar-refractivity contribution in [2.24, 2.45) is 0 Å². The number of nitrogens with zero attached hydrogens (tertiary/aromatic N) is 2. The van der Waals surface area contributed by atoms with Crippen molar-refractivity contribution in [3.05, 3.63) is 35.8 Å². The van der Waals surface area contributed by atoms with Crippen molar-refractivity contribution in [2.75, 3.05) is 11.9 Å². The van der Waals surface area contributed by atoms with Crippen molar-refractivity contribution < 1.29 is 14.7 Å². The fourth-order valence-electron chi connectivity index (χ4n) is 1.24. The number of amides is 1. The number of rotatable bonds is 6. The molecule has 20 heavy (non-hydrogen) atoms. The van der Waals surface area contributed by atoms with Crippen LogP contribution in [0.25, 0.3) is 0 Å². The standard InChI is InChI=1S/C13H14N4O3/c1-9-2-3-11(8-16-9)17-7-10(6-14)13(20)15-5-4-12(18)19/h2-3,7-8,17H,4-5H2,1H3,(H,15,20)(H,18,19)/b10-7-. The van der Waals surface area contributed by atoms with Crippen molar-refractivity contribution in [3.8, 4) is 6.07 Å². The van der Waals surface area contributed by atoms with Gasteiger partial charge in [-0.2, -0.15) is 5.26 Å². The van der Waals surface area contributed by atoms with E-state index in [2.05, 4.69) is 15.6 Å². The normalized spacial score (nSPS) is 10.5. The predicted octanol–water partition coefficient (Wildman–Crippen LogP) is 0.800. The van der Waals surface area contributed by atoms with Crippen LogP contribution in [-0.2, 0) is 9.59 Å². The van der Waals surface area contributed by atoms with E-state index >= 15 is 0 Å². The second-order valence-corrected chi connectivity index (χ2v) is 3.90. The molecule has 0 aliphatic carbocycles. The molecule has 1 rings (SSSR count). The van der Waals surface area contributed by atoms with E-state index in [1.807, 2.05) is 6.92 Å². The first-order valence-corrected chi connectivity index (χ1v) is 5.82. The van der Waals surface area contributed by atoms with E-state index in [0.717, 1.165) is 5.69 Å². The summed E-state index contributed by atoms with van der Waals surface area (Å²) in [5, 5.41) is 22.4. The summed E-state index contributed by atoms with van der Waals surface area (Å²) in [6.45, 7) is 1.81. The Bertz CT molecular complexity index is 558. The maximum absolute atomic E-state index is 11.6. The highest BCUT2D eigenvalue weighted by Gasteiger charge is 2.08. The zero-order valence-electron chi connectivity index (χ0n) is 10.9.